The van der Waals surface area contributed by atoms with E-state index in [-0.39, 0.29) is 11.9 Å². The summed E-state index contributed by atoms with van der Waals surface area (Å²) in [6.07, 6.45) is 2.49. The first-order valence-electron chi connectivity index (χ1n) is 8.38. The molecule has 1 aliphatic rings. The minimum Gasteiger partial charge on any atom is -0.350 e. The number of hydrogen-bond acceptors (Lipinski definition) is 2. The van der Waals surface area contributed by atoms with E-state index in [1.54, 1.807) is 0 Å². The normalized spacial score (nSPS) is 16.2. The molecule has 23 heavy (non-hydrogen) atoms. The monoisotopic (exact) mass is 308 g/mol. The van der Waals surface area contributed by atoms with Crippen molar-refractivity contribution >= 4 is 5.91 Å². The van der Waals surface area contributed by atoms with Crippen molar-refractivity contribution in [1.82, 2.24) is 10.2 Å². The van der Waals surface area contributed by atoms with Gasteiger partial charge in [-0.25, -0.2) is 0 Å². The van der Waals surface area contributed by atoms with Gasteiger partial charge in [0.05, 0.1) is 6.04 Å². The third-order valence-electron chi connectivity index (χ3n) is 4.54. The highest BCUT2D eigenvalue weighted by Crippen LogP contribution is 2.25. The molecule has 1 heterocycles. The predicted octanol–water partition coefficient (Wildman–Crippen LogP) is 3.56. The first-order valence-corrected chi connectivity index (χ1v) is 8.38. The van der Waals surface area contributed by atoms with Crippen LogP contribution in [0.1, 0.15) is 40.4 Å². The molecule has 3 nitrogen and oxygen atoms in total. The summed E-state index contributed by atoms with van der Waals surface area (Å²) in [5.41, 5.74) is 3.27. The molecule has 3 rings (SSSR count). The molecule has 0 aromatic heterocycles. The van der Waals surface area contributed by atoms with E-state index in [4.69, 9.17) is 0 Å². The van der Waals surface area contributed by atoms with E-state index in [9.17, 15) is 4.79 Å². The summed E-state index contributed by atoms with van der Waals surface area (Å²) in [6.45, 7) is 4.97. The van der Waals surface area contributed by atoms with Crippen LogP contribution in [0.2, 0.25) is 0 Å². The van der Waals surface area contributed by atoms with Gasteiger partial charge in [-0.15, -0.1) is 0 Å². The summed E-state index contributed by atoms with van der Waals surface area (Å²) < 4.78 is 0. The van der Waals surface area contributed by atoms with Crippen LogP contribution < -0.4 is 5.32 Å². The Kier molecular flexibility index (Phi) is 5.09. The fourth-order valence-corrected chi connectivity index (χ4v) is 3.18. The number of aryl methyl sites for hydroxylation is 1. The molecule has 120 valence electrons. The third kappa shape index (κ3) is 3.99. The molecule has 0 radical (unpaired) electrons. The van der Waals surface area contributed by atoms with E-state index in [2.05, 4.69) is 41.4 Å². The van der Waals surface area contributed by atoms with Gasteiger partial charge in [-0.1, -0.05) is 48.0 Å². The van der Waals surface area contributed by atoms with E-state index < -0.39 is 0 Å². The zero-order valence-electron chi connectivity index (χ0n) is 13.7. The number of likely N-dealkylation sites (tertiary alicyclic amines) is 1. The lowest BCUT2D eigenvalue weighted by molar-refractivity contribution is 0.0938. The van der Waals surface area contributed by atoms with E-state index in [0.717, 1.165) is 18.7 Å². The van der Waals surface area contributed by atoms with Crippen LogP contribution in [-0.4, -0.2) is 30.4 Å². The molecule has 2 aromatic rings. The molecular formula is C20H24N2O. The smallest absolute Gasteiger partial charge is 0.251 e. The second-order valence-corrected chi connectivity index (χ2v) is 6.25. The van der Waals surface area contributed by atoms with Gasteiger partial charge in [0, 0.05) is 12.1 Å². The van der Waals surface area contributed by atoms with Gasteiger partial charge in [0.15, 0.2) is 0 Å². The summed E-state index contributed by atoms with van der Waals surface area (Å²) in [7, 11) is 0. The fourth-order valence-electron chi connectivity index (χ4n) is 3.18. The molecule has 0 unspecified atom stereocenters. The van der Waals surface area contributed by atoms with Gasteiger partial charge in [0.25, 0.3) is 5.91 Å². The molecule has 2 aromatic carbocycles. The molecule has 1 N–H and O–H groups in total. The highest BCUT2D eigenvalue weighted by Gasteiger charge is 2.24. The summed E-state index contributed by atoms with van der Waals surface area (Å²) in [4.78, 5) is 14.8. The molecule has 0 bridgehead atoms. The molecular weight excluding hydrogens is 284 g/mol. The average molecular weight is 308 g/mol. The summed E-state index contributed by atoms with van der Waals surface area (Å²) >= 11 is 0. The van der Waals surface area contributed by atoms with Gasteiger partial charge in [-0.3, -0.25) is 9.69 Å². The van der Waals surface area contributed by atoms with Crippen molar-refractivity contribution in [1.29, 1.82) is 0 Å². The van der Waals surface area contributed by atoms with Gasteiger partial charge >= 0.3 is 0 Å². The van der Waals surface area contributed by atoms with Crippen LogP contribution in [0.3, 0.4) is 0 Å². The third-order valence-corrected chi connectivity index (χ3v) is 4.54. The van der Waals surface area contributed by atoms with Crippen molar-refractivity contribution in [3.05, 3.63) is 71.3 Å². The maximum atomic E-state index is 12.3. The fraction of sp³-hybridized carbons (Fsp3) is 0.350. The zero-order valence-corrected chi connectivity index (χ0v) is 13.7. The topological polar surface area (TPSA) is 32.3 Å². The largest absolute Gasteiger partial charge is 0.350 e. The second-order valence-electron chi connectivity index (χ2n) is 6.25. The summed E-state index contributed by atoms with van der Waals surface area (Å²) in [5.74, 6) is 0.00177. The van der Waals surface area contributed by atoms with Crippen LogP contribution in [0.4, 0.5) is 0 Å². The first kappa shape index (κ1) is 15.8. The Morgan fingerprint density at radius 2 is 1.70 bits per heavy atom. The molecule has 1 atom stereocenters. The van der Waals surface area contributed by atoms with Gasteiger partial charge in [0.1, 0.15) is 0 Å². The Hall–Kier alpha value is -2.13. The lowest BCUT2D eigenvalue weighted by atomic mass is 10.0. The van der Waals surface area contributed by atoms with Crippen LogP contribution in [0.15, 0.2) is 54.6 Å². The first-order chi connectivity index (χ1) is 11.2. The van der Waals surface area contributed by atoms with Crippen molar-refractivity contribution in [2.24, 2.45) is 0 Å². The maximum absolute atomic E-state index is 12.3. The van der Waals surface area contributed by atoms with Crippen LogP contribution in [-0.2, 0) is 0 Å². The van der Waals surface area contributed by atoms with Crippen molar-refractivity contribution in [3.8, 4) is 0 Å². The number of nitrogens with one attached hydrogen (secondary N) is 1. The lowest BCUT2D eigenvalue weighted by Crippen LogP contribution is -2.36. The molecule has 1 saturated heterocycles. The Labute approximate surface area is 138 Å². The Morgan fingerprint density at radius 1 is 1.04 bits per heavy atom. The molecule has 0 aliphatic carbocycles. The van der Waals surface area contributed by atoms with Crippen molar-refractivity contribution in [2.45, 2.75) is 25.8 Å². The predicted molar refractivity (Wildman–Crippen MR) is 93.5 cm³/mol. The Bertz CT molecular complexity index is 630. The number of amides is 1. The Balaban J connectivity index is 1.71. The lowest BCUT2D eigenvalue weighted by Gasteiger charge is -2.28. The SMILES string of the molecule is Cc1ccc([C@@H](CNC(=O)c2ccccc2)N2CCCC2)cc1. The van der Waals surface area contributed by atoms with E-state index >= 15 is 0 Å². The number of rotatable bonds is 5. The van der Waals surface area contributed by atoms with Gasteiger partial charge in [0.2, 0.25) is 0 Å². The van der Waals surface area contributed by atoms with E-state index in [0.29, 0.717) is 6.54 Å². The zero-order chi connectivity index (χ0) is 16.1. The minimum atomic E-state index is 0.00177. The number of benzene rings is 2. The van der Waals surface area contributed by atoms with Crippen molar-refractivity contribution < 1.29 is 4.79 Å². The molecule has 1 fully saturated rings. The van der Waals surface area contributed by atoms with E-state index in [1.165, 1.54) is 24.0 Å². The Morgan fingerprint density at radius 3 is 2.35 bits per heavy atom. The maximum Gasteiger partial charge on any atom is 0.251 e. The highest BCUT2D eigenvalue weighted by atomic mass is 16.1. The number of nitrogens with zero attached hydrogens (tertiary/aromatic N) is 1. The molecule has 1 aliphatic heterocycles. The van der Waals surface area contributed by atoms with Crippen LogP contribution >= 0.6 is 0 Å². The average Bonchev–Trinajstić information content (AvgIpc) is 3.11. The van der Waals surface area contributed by atoms with Gasteiger partial charge in [-0.05, 0) is 50.6 Å². The highest BCUT2D eigenvalue weighted by molar-refractivity contribution is 5.94. The van der Waals surface area contributed by atoms with Crippen LogP contribution in [0.25, 0.3) is 0 Å². The number of carbonyl (C=O) groups excluding carboxylic acids is 1. The van der Waals surface area contributed by atoms with Gasteiger partial charge < -0.3 is 5.32 Å². The van der Waals surface area contributed by atoms with Crippen LogP contribution in [0.5, 0.6) is 0 Å². The van der Waals surface area contributed by atoms with Gasteiger partial charge in [-0.2, -0.15) is 0 Å². The van der Waals surface area contributed by atoms with Crippen molar-refractivity contribution in [3.63, 3.8) is 0 Å². The van der Waals surface area contributed by atoms with E-state index in [1.807, 2.05) is 30.3 Å². The second kappa shape index (κ2) is 7.42. The number of hydrogen-bond donors (Lipinski definition) is 1. The number of carbonyl (C=O) groups is 1. The minimum absolute atomic E-state index is 0.00177. The van der Waals surface area contributed by atoms with Crippen molar-refractivity contribution in [2.75, 3.05) is 19.6 Å². The molecule has 0 spiro atoms. The quantitative estimate of drug-likeness (QED) is 0.916. The summed E-state index contributed by atoms with van der Waals surface area (Å²) in [6, 6.07) is 18.4. The standard InChI is InChI=1S/C20H24N2O/c1-16-9-11-17(12-10-16)19(22-13-5-6-14-22)15-21-20(23)18-7-3-2-4-8-18/h2-4,7-12,19H,5-6,13-15H2,1H3,(H,21,23)/t19-/m1/s1. The molecule has 0 saturated carbocycles. The molecule has 1 amide bonds. The molecule has 3 heteroatoms. The summed E-state index contributed by atoms with van der Waals surface area (Å²) in [5, 5.41) is 3.11. The van der Waals surface area contributed by atoms with Crippen LogP contribution in [0, 0.1) is 6.92 Å².